The molecule has 0 bridgehead atoms. The summed E-state index contributed by atoms with van der Waals surface area (Å²) >= 11 is 1.08. The number of hydrogen-bond acceptors (Lipinski definition) is 6. The number of nitrogens with zero attached hydrogens (tertiary/aromatic N) is 2. The highest BCUT2D eigenvalue weighted by molar-refractivity contribution is 7.16. The van der Waals surface area contributed by atoms with Crippen molar-refractivity contribution < 1.29 is 14.3 Å². The van der Waals surface area contributed by atoms with Gasteiger partial charge in [0, 0.05) is 0 Å². The molecule has 29 heavy (non-hydrogen) atoms. The second kappa shape index (κ2) is 8.63. The molecule has 0 unspecified atom stereocenters. The minimum Gasteiger partial charge on any atom is -0.481 e. The molecule has 0 amide bonds. The van der Waals surface area contributed by atoms with Gasteiger partial charge in [-0.25, -0.2) is 9.78 Å². The minimum atomic E-state index is -0.456. The van der Waals surface area contributed by atoms with E-state index in [4.69, 9.17) is 15.9 Å². The van der Waals surface area contributed by atoms with E-state index in [0.29, 0.717) is 32.0 Å². The number of thiazole rings is 1. The summed E-state index contributed by atoms with van der Waals surface area (Å²) in [7, 11) is 0. The summed E-state index contributed by atoms with van der Waals surface area (Å²) in [5, 5.41) is 4.09. The van der Waals surface area contributed by atoms with Crippen LogP contribution in [0.15, 0.2) is 29.1 Å². The van der Waals surface area contributed by atoms with Crippen LogP contribution in [0.2, 0.25) is 0 Å². The number of aromatic nitrogens is 3. The van der Waals surface area contributed by atoms with Crippen LogP contribution in [0.1, 0.15) is 27.9 Å². The summed E-state index contributed by atoms with van der Waals surface area (Å²) in [6.45, 7) is 7.79. The van der Waals surface area contributed by atoms with E-state index < -0.39 is 5.97 Å². The molecule has 0 aliphatic rings. The first-order valence-electron chi connectivity index (χ1n) is 8.77. The topological polar surface area (TPSA) is 86.2 Å². The van der Waals surface area contributed by atoms with Gasteiger partial charge in [-0.1, -0.05) is 36.0 Å². The molecule has 1 N–H and O–H groups in total. The van der Waals surface area contributed by atoms with E-state index in [1.54, 1.807) is 32.1 Å². The van der Waals surface area contributed by atoms with Gasteiger partial charge in [0.1, 0.15) is 17.2 Å². The third kappa shape index (κ3) is 4.31. The first kappa shape index (κ1) is 20.2. The molecule has 0 aliphatic carbocycles. The van der Waals surface area contributed by atoms with Crippen LogP contribution >= 0.6 is 11.3 Å². The number of carbonyl (C=O) groups is 1. The van der Waals surface area contributed by atoms with Crippen molar-refractivity contribution in [3.8, 4) is 23.2 Å². The number of terminal acetylenes is 1. The molecule has 7 nitrogen and oxygen atoms in total. The van der Waals surface area contributed by atoms with Crippen molar-refractivity contribution in [2.24, 2.45) is 0 Å². The second-order valence-corrected chi connectivity index (χ2v) is 6.96. The lowest BCUT2D eigenvalue weighted by atomic mass is 10.2. The first-order valence-corrected chi connectivity index (χ1v) is 9.59. The molecule has 148 valence electrons. The second-order valence-electron chi connectivity index (χ2n) is 5.98. The van der Waals surface area contributed by atoms with Crippen LogP contribution in [-0.2, 0) is 4.74 Å². The largest absolute Gasteiger partial charge is 0.481 e. The Morgan fingerprint density at radius 3 is 2.79 bits per heavy atom. The van der Waals surface area contributed by atoms with Gasteiger partial charge in [0.15, 0.2) is 0 Å². The van der Waals surface area contributed by atoms with Crippen LogP contribution in [0.3, 0.4) is 0 Å². The van der Waals surface area contributed by atoms with Gasteiger partial charge < -0.3 is 9.47 Å². The molecule has 3 rings (SSSR count). The monoisotopic (exact) mass is 409 g/mol. The van der Waals surface area contributed by atoms with E-state index in [-0.39, 0.29) is 18.8 Å². The maximum atomic E-state index is 12.9. The molecular formula is C21H19N3O4S. The van der Waals surface area contributed by atoms with Gasteiger partial charge in [0.25, 0.3) is 5.56 Å². The van der Waals surface area contributed by atoms with Gasteiger partial charge in [-0.05, 0) is 37.6 Å². The Labute approximate surface area is 170 Å². The summed E-state index contributed by atoms with van der Waals surface area (Å²) in [4.78, 5) is 29.6. The molecule has 0 saturated carbocycles. The predicted molar refractivity (Wildman–Crippen MR) is 112 cm³/mol. The fourth-order valence-electron chi connectivity index (χ4n) is 2.59. The number of carbonyl (C=O) groups excluding carboxylic acids is 1. The molecule has 1 aromatic carbocycles. The van der Waals surface area contributed by atoms with E-state index in [2.05, 4.69) is 22.6 Å². The molecule has 0 aliphatic heterocycles. The average molecular weight is 409 g/mol. The zero-order valence-electron chi connectivity index (χ0n) is 16.0. The molecule has 0 fully saturated rings. The van der Waals surface area contributed by atoms with Crippen LogP contribution in [0.4, 0.5) is 0 Å². The molecule has 2 heterocycles. The Balaban J connectivity index is 1.98. The normalized spacial score (nSPS) is 11.3. The molecule has 3 aromatic rings. The fraction of sp³-hybridized carbons (Fsp3) is 0.190. The van der Waals surface area contributed by atoms with Crippen LogP contribution < -0.4 is 20.9 Å². The van der Waals surface area contributed by atoms with Crippen molar-refractivity contribution in [3.63, 3.8) is 0 Å². The quantitative estimate of drug-likeness (QED) is 0.491. The summed E-state index contributed by atoms with van der Waals surface area (Å²) < 4.78 is 11.6. The Morgan fingerprint density at radius 2 is 2.14 bits per heavy atom. The van der Waals surface area contributed by atoms with Crippen LogP contribution in [0.5, 0.6) is 5.75 Å². The van der Waals surface area contributed by atoms with Crippen molar-refractivity contribution in [2.75, 3.05) is 13.2 Å². The molecule has 0 spiro atoms. The number of hydrogen-bond donors (Lipinski definition) is 1. The molecular weight excluding hydrogens is 390 g/mol. The Kier molecular flexibility index (Phi) is 6.00. The summed E-state index contributed by atoms with van der Waals surface area (Å²) in [6, 6.07) is 7.17. The highest BCUT2D eigenvalue weighted by atomic mass is 32.1. The van der Waals surface area contributed by atoms with Crippen LogP contribution in [-0.4, -0.2) is 33.9 Å². The zero-order chi connectivity index (χ0) is 21.0. The number of aromatic amines is 1. The van der Waals surface area contributed by atoms with Gasteiger partial charge in [0.2, 0.25) is 5.13 Å². The highest BCUT2D eigenvalue weighted by Crippen LogP contribution is 2.20. The first-order chi connectivity index (χ1) is 13.9. The van der Waals surface area contributed by atoms with Crippen molar-refractivity contribution in [1.29, 1.82) is 0 Å². The highest BCUT2D eigenvalue weighted by Gasteiger charge is 2.18. The molecule has 8 heteroatoms. The van der Waals surface area contributed by atoms with E-state index in [1.165, 1.54) is 4.68 Å². The number of ether oxygens (including phenoxy) is 2. The maximum absolute atomic E-state index is 12.9. The number of rotatable bonds is 6. The standard InChI is InChI=1S/C21H19N3O4S/c1-5-11-28-16-9-7-15(8-10-16)12-17-13(3)23-24(19(17)25)21-22-14(4)18(29-21)20(26)27-6-2/h1,7-10,12,23H,3,6,11H2,2,4H3/b17-12+. The number of H-pyrrole nitrogens is 1. The lowest BCUT2D eigenvalue weighted by Crippen LogP contribution is -2.33. The van der Waals surface area contributed by atoms with Crippen molar-refractivity contribution in [3.05, 3.63) is 61.3 Å². The zero-order valence-corrected chi connectivity index (χ0v) is 16.8. The van der Waals surface area contributed by atoms with Crippen LogP contribution in [0.25, 0.3) is 17.8 Å². The fourth-order valence-corrected chi connectivity index (χ4v) is 3.52. The molecule has 2 aromatic heterocycles. The minimum absolute atomic E-state index is 0.190. The van der Waals surface area contributed by atoms with Crippen molar-refractivity contribution in [2.45, 2.75) is 13.8 Å². The lowest BCUT2D eigenvalue weighted by Gasteiger charge is -2.01. The van der Waals surface area contributed by atoms with E-state index in [9.17, 15) is 9.59 Å². The van der Waals surface area contributed by atoms with Crippen molar-refractivity contribution in [1.82, 2.24) is 14.8 Å². The van der Waals surface area contributed by atoms with E-state index in [1.807, 2.05) is 12.1 Å². The Hall–Kier alpha value is -3.57. The molecule has 0 radical (unpaired) electrons. The number of nitrogens with one attached hydrogen (secondary N) is 1. The third-order valence-corrected chi connectivity index (χ3v) is 5.08. The molecule has 0 atom stereocenters. The Bertz CT molecular complexity index is 1240. The van der Waals surface area contributed by atoms with E-state index in [0.717, 1.165) is 16.9 Å². The number of esters is 1. The summed E-state index contributed by atoms with van der Waals surface area (Å²) in [5.74, 6) is 2.59. The molecule has 0 saturated heterocycles. The van der Waals surface area contributed by atoms with E-state index >= 15 is 0 Å². The van der Waals surface area contributed by atoms with Gasteiger partial charge in [-0.3, -0.25) is 9.89 Å². The van der Waals surface area contributed by atoms with Gasteiger partial charge >= 0.3 is 5.97 Å². The van der Waals surface area contributed by atoms with Gasteiger partial charge in [-0.2, -0.15) is 4.68 Å². The Morgan fingerprint density at radius 1 is 1.41 bits per heavy atom. The summed E-state index contributed by atoms with van der Waals surface area (Å²) in [5.41, 5.74) is 0.990. The lowest BCUT2D eigenvalue weighted by molar-refractivity contribution is 0.0531. The third-order valence-electron chi connectivity index (χ3n) is 3.96. The average Bonchev–Trinajstić information content (AvgIpc) is 3.22. The maximum Gasteiger partial charge on any atom is 0.350 e. The number of aryl methyl sites for hydroxylation is 1. The van der Waals surface area contributed by atoms with Crippen LogP contribution in [0, 0.1) is 19.3 Å². The SMILES string of the molecule is C#CCOc1ccc(/C=c2\c(=C)[nH]n(-c3nc(C)c(C(=O)OCC)s3)c2=O)cc1. The summed E-state index contributed by atoms with van der Waals surface area (Å²) in [6.07, 6.45) is 6.89. The van der Waals surface area contributed by atoms with Gasteiger partial charge in [0.05, 0.1) is 22.9 Å². The number of benzene rings is 1. The van der Waals surface area contributed by atoms with Gasteiger partial charge in [-0.15, -0.1) is 6.42 Å². The van der Waals surface area contributed by atoms with Crippen molar-refractivity contribution >= 4 is 30.0 Å². The predicted octanol–water partition coefficient (Wildman–Crippen LogP) is 1.36. The smallest absolute Gasteiger partial charge is 0.350 e.